The maximum atomic E-state index is 5.30. The standard InChI is InChI=1S/C13H17NO2/c1-14-7-9-3-2-4-12-11(9)6-5-10-8-15-16-13(10)12/h5-6,9,14H,2-4,7-8H2,1H3/t9-/m0/s1. The van der Waals surface area contributed by atoms with E-state index in [0.717, 1.165) is 18.7 Å². The molecule has 0 bridgehead atoms. The van der Waals surface area contributed by atoms with Crippen LogP contribution in [0.2, 0.25) is 0 Å². The van der Waals surface area contributed by atoms with Crippen LogP contribution in [-0.2, 0) is 17.9 Å². The monoisotopic (exact) mass is 219 g/mol. The second kappa shape index (κ2) is 4.07. The average molecular weight is 219 g/mol. The Morgan fingerprint density at radius 3 is 3.25 bits per heavy atom. The third-order valence-electron chi connectivity index (χ3n) is 3.60. The first-order valence-corrected chi connectivity index (χ1v) is 5.99. The summed E-state index contributed by atoms with van der Waals surface area (Å²) >= 11 is 0. The Kier molecular flexibility index (Phi) is 2.58. The quantitative estimate of drug-likeness (QED) is 0.773. The van der Waals surface area contributed by atoms with E-state index in [0.29, 0.717) is 12.5 Å². The first-order valence-electron chi connectivity index (χ1n) is 5.99. The molecule has 3 nitrogen and oxygen atoms in total. The van der Waals surface area contributed by atoms with Gasteiger partial charge in [0.25, 0.3) is 0 Å². The van der Waals surface area contributed by atoms with E-state index in [1.54, 1.807) is 0 Å². The first kappa shape index (κ1) is 10.1. The molecular weight excluding hydrogens is 202 g/mol. The van der Waals surface area contributed by atoms with Gasteiger partial charge in [-0.1, -0.05) is 12.1 Å². The van der Waals surface area contributed by atoms with Gasteiger partial charge in [-0.15, -0.1) is 0 Å². The lowest BCUT2D eigenvalue weighted by atomic mass is 9.81. The third-order valence-corrected chi connectivity index (χ3v) is 3.60. The van der Waals surface area contributed by atoms with Gasteiger partial charge in [0.15, 0.2) is 5.75 Å². The average Bonchev–Trinajstić information content (AvgIpc) is 2.78. The highest BCUT2D eigenvalue weighted by atomic mass is 17.2. The summed E-state index contributed by atoms with van der Waals surface area (Å²) in [6.45, 7) is 1.64. The zero-order chi connectivity index (χ0) is 11.0. The third kappa shape index (κ3) is 1.51. The van der Waals surface area contributed by atoms with E-state index in [-0.39, 0.29) is 0 Å². The molecule has 0 saturated heterocycles. The van der Waals surface area contributed by atoms with Crippen molar-refractivity contribution in [2.45, 2.75) is 31.8 Å². The van der Waals surface area contributed by atoms with Crippen molar-refractivity contribution in [2.24, 2.45) is 0 Å². The zero-order valence-electron chi connectivity index (χ0n) is 9.58. The molecule has 1 heterocycles. The van der Waals surface area contributed by atoms with Gasteiger partial charge in [-0.2, -0.15) is 4.89 Å². The molecule has 1 N–H and O–H groups in total. The molecule has 3 heteroatoms. The normalized spacial score (nSPS) is 22.4. The molecule has 1 aliphatic heterocycles. The number of hydrogen-bond donors (Lipinski definition) is 1. The van der Waals surface area contributed by atoms with E-state index in [2.05, 4.69) is 17.4 Å². The van der Waals surface area contributed by atoms with Gasteiger partial charge < -0.3 is 10.2 Å². The van der Waals surface area contributed by atoms with Crippen molar-refractivity contribution < 1.29 is 9.78 Å². The molecule has 16 heavy (non-hydrogen) atoms. The Balaban J connectivity index is 2.02. The Bertz CT molecular complexity index is 403. The van der Waals surface area contributed by atoms with Crippen LogP contribution < -0.4 is 10.2 Å². The summed E-state index contributed by atoms with van der Waals surface area (Å²) in [7, 11) is 2.02. The fraction of sp³-hybridized carbons (Fsp3) is 0.538. The topological polar surface area (TPSA) is 30.5 Å². The molecule has 1 aromatic carbocycles. The second-order valence-electron chi connectivity index (χ2n) is 4.61. The number of nitrogens with one attached hydrogen (secondary N) is 1. The molecule has 0 aromatic heterocycles. The summed E-state index contributed by atoms with van der Waals surface area (Å²) in [4.78, 5) is 10.4. The molecule has 0 fully saturated rings. The van der Waals surface area contributed by atoms with Crippen molar-refractivity contribution in [3.8, 4) is 5.75 Å². The Labute approximate surface area is 95.7 Å². The summed E-state index contributed by atoms with van der Waals surface area (Å²) in [5.74, 6) is 1.63. The number of hydrogen-bond acceptors (Lipinski definition) is 3. The van der Waals surface area contributed by atoms with Crippen LogP contribution in [0.25, 0.3) is 0 Å². The van der Waals surface area contributed by atoms with Gasteiger partial charge >= 0.3 is 0 Å². The van der Waals surface area contributed by atoms with E-state index in [1.807, 2.05) is 7.05 Å². The van der Waals surface area contributed by atoms with Crippen molar-refractivity contribution in [1.82, 2.24) is 5.32 Å². The van der Waals surface area contributed by atoms with Crippen LogP contribution in [-0.4, -0.2) is 13.6 Å². The zero-order valence-corrected chi connectivity index (χ0v) is 9.58. The van der Waals surface area contributed by atoms with Gasteiger partial charge in [0, 0.05) is 17.7 Å². The maximum Gasteiger partial charge on any atom is 0.174 e. The summed E-state index contributed by atoms with van der Waals surface area (Å²) < 4.78 is 0. The number of fused-ring (bicyclic) bond motifs is 3. The summed E-state index contributed by atoms with van der Waals surface area (Å²) in [5.41, 5.74) is 4.02. The van der Waals surface area contributed by atoms with Gasteiger partial charge in [0.05, 0.1) is 0 Å². The van der Waals surface area contributed by atoms with Gasteiger partial charge in [0.1, 0.15) is 6.61 Å². The number of rotatable bonds is 2. The lowest BCUT2D eigenvalue weighted by Crippen LogP contribution is -2.21. The van der Waals surface area contributed by atoms with Crippen LogP contribution in [0, 0.1) is 0 Å². The highest BCUT2D eigenvalue weighted by Crippen LogP contribution is 2.40. The molecule has 0 unspecified atom stereocenters. The predicted octanol–water partition coefficient (Wildman–Crippen LogP) is 2.15. The second-order valence-corrected chi connectivity index (χ2v) is 4.61. The minimum atomic E-state index is 0.597. The van der Waals surface area contributed by atoms with E-state index in [4.69, 9.17) is 9.78 Å². The van der Waals surface area contributed by atoms with Gasteiger partial charge in [0.2, 0.25) is 0 Å². The molecule has 1 atom stereocenters. The van der Waals surface area contributed by atoms with E-state index in [9.17, 15) is 0 Å². The molecule has 3 rings (SSSR count). The van der Waals surface area contributed by atoms with Crippen molar-refractivity contribution in [1.29, 1.82) is 0 Å². The highest BCUT2D eigenvalue weighted by molar-refractivity contribution is 5.49. The summed E-state index contributed by atoms with van der Waals surface area (Å²) in [6.07, 6.45) is 3.65. The molecule has 2 aliphatic rings. The fourth-order valence-electron chi connectivity index (χ4n) is 2.84. The summed E-state index contributed by atoms with van der Waals surface area (Å²) in [6, 6.07) is 4.41. The molecule has 1 aliphatic carbocycles. The van der Waals surface area contributed by atoms with Crippen molar-refractivity contribution in [3.05, 3.63) is 28.8 Å². The van der Waals surface area contributed by atoms with Crippen LogP contribution in [0.3, 0.4) is 0 Å². The minimum Gasteiger partial charge on any atom is -0.337 e. The van der Waals surface area contributed by atoms with Crippen molar-refractivity contribution in [3.63, 3.8) is 0 Å². The van der Waals surface area contributed by atoms with Crippen molar-refractivity contribution in [2.75, 3.05) is 13.6 Å². The molecule has 0 spiro atoms. The Morgan fingerprint density at radius 2 is 2.38 bits per heavy atom. The molecule has 1 aromatic rings. The van der Waals surface area contributed by atoms with Crippen molar-refractivity contribution >= 4 is 0 Å². The van der Waals surface area contributed by atoms with E-state index >= 15 is 0 Å². The van der Waals surface area contributed by atoms with Crippen LogP contribution in [0.15, 0.2) is 12.1 Å². The molecule has 0 radical (unpaired) electrons. The fourth-order valence-corrected chi connectivity index (χ4v) is 2.84. The van der Waals surface area contributed by atoms with E-state index < -0.39 is 0 Å². The van der Waals surface area contributed by atoms with Gasteiger partial charge in [-0.25, -0.2) is 0 Å². The van der Waals surface area contributed by atoms with Gasteiger partial charge in [-0.05, 0) is 37.8 Å². The van der Waals surface area contributed by atoms with Gasteiger partial charge in [-0.3, -0.25) is 0 Å². The smallest absolute Gasteiger partial charge is 0.174 e. The highest BCUT2D eigenvalue weighted by Gasteiger charge is 2.27. The lowest BCUT2D eigenvalue weighted by molar-refractivity contribution is -0.195. The Morgan fingerprint density at radius 1 is 1.44 bits per heavy atom. The molecule has 0 amide bonds. The number of benzene rings is 1. The predicted molar refractivity (Wildman–Crippen MR) is 61.5 cm³/mol. The number of likely N-dealkylation sites (N-methyl/N-ethyl adjacent to an activating group) is 1. The van der Waals surface area contributed by atoms with Crippen LogP contribution in [0.1, 0.15) is 35.4 Å². The lowest BCUT2D eigenvalue weighted by Gasteiger charge is -2.26. The SMILES string of the molecule is CNC[C@@H]1CCCc2c1ccc1c2OOC1. The first-order chi connectivity index (χ1) is 7.90. The maximum absolute atomic E-state index is 5.30. The largest absolute Gasteiger partial charge is 0.337 e. The van der Waals surface area contributed by atoms with E-state index in [1.165, 1.54) is 29.5 Å². The van der Waals surface area contributed by atoms with Crippen LogP contribution in [0.4, 0.5) is 0 Å². The Hall–Kier alpha value is -1.06. The molecule has 0 saturated carbocycles. The minimum absolute atomic E-state index is 0.597. The van der Waals surface area contributed by atoms with Crippen LogP contribution in [0.5, 0.6) is 5.75 Å². The molecular formula is C13H17NO2. The van der Waals surface area contributed by atoms with Crippen LogP contribution >= 0.6 is 0 Å². The molecule has 86 valence electrons. The summed E-state index contributed by atoms with van der Waals surface area (Å²) in [5, 5.41) is 3.27.